The molecule has 0 aromatic carbocycles. The van der Waals surface area contributed by atoms with Gasteiger partial charge in [-0.25, -0.2) is 9.36 Å². The lowest BCUT2D eigenvalue weighted by Crippen LogP contribution is -2.43. The number of aliphatic hydroxyl groups is 1. The number of hydrogen-bond acceptors (Lipinski definition) is 8. The number of amides is 1. The van der Waals surface area contributed by atoms with Gasteiger partial charge in [0.25, 0.3) is 0 Å². The van der Waals surface area contributed by atoms with Gasteiger partial charge in [0.05, 0.1) is 13.2 Å². The predicted molar refractivity (Wildman–Crippen MR) is 258 cm³/mol. The van der Waals surface area contributed by atoms with Crippen molar-refractivity contribution >= 4 is 25.7 Å². The zero-order valence-electron chi connectivity index (χ0n) is 39.4. The summed E-state index contributed by atoms with van der Waals surface area (Å²) in [6, 6.07) is -1.56. The first kappa shape index (κ1) is 59.9. The van der Waals surface area contributed by atoms with Gasteiger partial charge < -0.3 is 25.2 Å². The van der Waals surface area contributed by atoms with Crippen molar-refractivity contribution in [2.75, 3.05) is 19.8 Å². The smallest absolute Gasteiger partial charge is 0.472 e. The van der Waals surface area contributed by atoms with E-state index in [4.69, 9.17) is 13.8 Å². The fraction of sp³-hybridized carbons (Fsp3) is 0.706. The van der Waals surface area contributed by atoms with E-state index in [1.165, 1.54) is 64.2 Å². The Labute approximate surface area is 382 Å². The van der Waals surface area contributed by atoms with Crippen LogP contribution in [0.2, 0.25) is 0 Å². The van der Waals surface area contributed by atoms with Crippen molar-refractivity contribution in [2.24, 2.45) is 0 Å². The molecule has 63 heavy (non-hydrogen) atoms. The molecule has 4 N–H and O–H groups in total. The van der Waals surface area contributed by atoms with Crippen LogP contribution in [0.5, 0.6) is 0 Å². The van der Waals surface area contributed by atoms with E-state index in [1.54, 1.807) is 0 Å². The Morgan fingerprint density at radius 2 is 0.873 bits per heavy atom. The van der Waals surface area contributed by atoms with Crippen LogP contribution in [0.3, 0.4) is 0 Å². The van der Waals surface area contributed by atoms with Crippen molar-refractivity contribution < 1.29 is 47.8 Å². The second-order valence-corrected chi connectivity index (χ2v) is 17.7. The van der Waals surface area contributed by atoms with Crippen LogP contribution in [0.1, 0.15) is 200 Å². The van der Waals surface area contributed by atoms with Crippen LogP contribution in [-0.2, 0) is 32.7 Å². The van der Waals surface area contributed by atoms with Gasteiger partial charge in [0.15, 0.2) is 6.04 Å². The molecule has 3 atom stereocenters. The molecule has 0 radical (unpaired) electrons. The Balaban J connectivity index is 3.89. The minimum Gasteiger partial charge on any atom is -0.480 e. The van der Waals surface area contributed by atoms with Crippen LogP contribution in [0.15, 0.2) is 72.9 Å². The summed E-state index contributed by atoms with van der Waals surface area (Å²) in [5.41, 5.74) is 0. The first-order valence-corrected chi connectivity index (χ1v) is 26.0. The first-order valence-electron chi connectivity index (χ1n) is 24.5. The van der Waals surface area contributed by atoms with Gasteiger partial charge in [-0.1, -0.05) is 170 Å². The average molecular weight is 906 g/mol. The van der Waals surface area contributed by atoms with Crippen LogP contribution in [0.4, 0.5) is 0 Å². The van der Waals surface area contributed by atoms with Crippen molar-refractivity contribution in [1.29, 1.82) is 0 Å². The van der Waals surface area contributed by atoms with Crippen LogP contribution in [-0.4, -0.2) is 64.9 Å². The number of unbranched alkanes of at least 4 members (excludes halogenated alkanes) is 19. The number of phosphoric acid groups is 1. The number of esters is 1. The molecule has 0 rings (SSSR count). The van der Waals surface area contributed by atoms with E-state index in [1.807, 2.05) is 0 Å². The van der Waals surface area contributed by atoms with E-state index in [9.17, 15) is 34.1 Å². The number of allylic oxidation sites excluding steroid dienone is 12. The van der Waals surface area contributed by atoms with Gasteiger partial charge in [-0.3, -0.25) is 18.6 Å². The minimum atomic E-state index is -4.77. The number of hydrogen-bond donors (Lipinski definition) is 4. The van der Waals surface area contributed by atoms with E-state index in [0.717, 1.165) is 96.3 Å². The third-order valence-corrected chi connectivity index (χ3v) is 11.2. The standard InChI is InChI=1S/C51H88NO10P/c1-3-5-7-9-11-13-15-17-19-21-22-23-24-25-26-27-29-31-33-35-37-39-41-43-50(55)60-44-47(53)45-61-63(58,59)62-46-48(51(56)57)52-49(54)42-40-38-36-34-32-30-28-20-18-16-14-12-10-8-6-4-2/h11,13-14,16-17,19-20,22-23,25-26,28,47-48,53H,3-10,12,15,18,21,24,27,29-46H2,1-2H3,(H,52,54)(H,56,57)(H,58,59)/b13-11-,16-14-,19-17-,23-22-,26-25-,28-20-. The van der Waals surface area contributed by atoms with Gasteiger partial charge in [-0.05, 0) is 89.9 Å². The highest BCUT2D eigenvalue weighted by molar-refractivity contribution is 7.47. The van der Waals surface area contributed by atoms with Crippen molar-refractivity contribution in [2.45, 2.75) is 212 Å². The monoisotopic (exact) mass is 906 g/mol. The number of phosphoric ester groups is 1. The molecule has 11 nitrogen and oxygen atoms in total. The van der Waals surface area contributed by atoms with E-state index in [-0.39, 0.29) is 12.8 Å². The van der Waals surface area contributed by atoms with E-state index < -0.39 is 57.6 Å². The fourth-order valence-electron chi connectivity index (χ4n) is 6.39. The molecule has 0 aromatic heterocycles. The number of carbonyl (C=O) groups excluding carboxylic acids is 2. The largest absolute Gasteiger partial charge is 0.480 e. The number of ether oxygens (including phenoxy) is 1. The molecule has 0 aliphatic carbocycles. The number of carboxylic acids is 1. The summed E-state index contributed by atoms with van der Waals surface area (Å²) in [7, 11) is -4.77. The first-order chi connectivity index (χ1) is 30.6. The quantitative estimate of drug-likeness (QED) is 0.0200. The highest BCUT2D eigenvalue weighted by Crippen LogP contribution is 2.43. The molecule has 1 amide bonds. The molecular formula is C51H88NO10P. The van der Waals surface area contributed by atoms with Gasteiger partial charge in [0.2, 0.25) is 5.91 Å². The predicted octanol–water partition coefficient (Wildman–Crippen LogP) is 13.3. The van der Waals surface area contributed by atoms with Crippen LogP contribution < -0.4 is 5.32 Å². The molecule has 0 spiro atoms. The Bertz CT molecular complexity index is 1340. The Kier molecular flexibility index (Phi) is 43.3. The topological polar surface area (TPSA) is 169 Å². The Morgan fingerprint density at radius 3 is 1.33 bits per heavy atom. The number of aliphatic carboxylic acids is 1. The summed E-state index contributed by atoms with van der Waals surface area (Å²) < 4.78 is 26.9. The molecular weight excluding hydrogens is 818 g/mol. The summed E-state index contributed by atoms with van der Waals surface area (Å²) in [6.45, 7) is 2.53. The number of nitrogens with one attached hydrogen (secondary N) is 1. The molecule has 12 heteroatoms. The lowest BCUT2D eigenvalue weighted by Gasteiger charge is -2.18. The summed E-state index contributed by atoms with van der Waals surface area (Å²) in [4.78, 5) is 46.0. The highest BCUT2D eigenvalue weighted by Gasteiger charge is 2.28. The van der Waals surface area contributed by atoms with E-state index in [0.29, 0.717) is 12.8 Å². The number of carbonyl (C=O) groups is 3. The molecule has 0 aliphatic heterocycles. The maximum absolute atomic E-state index is 12.3. The Morgan fingerprint density at radius 1 is 0.508 bits per heavy atom. The zero-order valence-corrected chi connectivity index (χ0v) is 40.3. The Hall–Kier alpha value is -3.08. The molecule has 0 fully saturated rings. The van der Waals surface area contributed by atoms with E-state index >= 15 is 0 Å². The van der Waals surface area contributed by atoms with Crippen LogP contribution in [0, 0.1) is 0 Å². The van der Waals surface area contributed by atoms with Gasteiger partial charge in [0.1, 0.15) is 12.7 Å². The van der Waals surface area contributed by atoms with Crippen molar-refractivity contribution in [1.82, 2.24) is 5.32 Å². The van der Waals surface area contributed by atoms with Gasteiger partial charge in [-0.15, -0.1) is 0 Å². The van der Waals surface area contributed by atoms with Crippen LogP contribution >= 0.6 is 7.82 Å². The SMILES string of the molecule is CCCCC/C=C\C/C=C\C/C=C\C/C=C\CCCCCCCCCC(=O)OCC(O)COP(=O)(O)OCC(NC(=O)CCCCCCC/C=C\C/C=C\CCCCCC)C(=O)O. The fourth-order valence-corrected chi connectivity index (χ4v) is 7.16. The molecule has 3 unspecified atom stereocenters. The molecule has 0 bridgehead atoms. The molecule has 0 heterocycles. The molecule has 0 aromatic rings. The van der Waals surface area contributed by atoms with Gasteiger partial charge >= 0.3 is 19.8 Å². The van der Waals surface area contributed by atoms with Crippen LogP contribution in [0.25, 0.3) is 0 Å². The second kappa shape index (κ2) is 45.5. The summed E-state index contributed by atoms with van der Waals surface area (Å²) in [5.74, 6) is -2.41. The lowest BCUT2D eigenvalue weighted by atomic mass is 10.1. The summed E-state index contributed by atoms with van der Waals surface area (Å²) >= 11 is 0. The minimum absolute atomic E-state index is 0.126. The summed E-state index contributed by atoms with van der Waals surface area (Å²) in [5, 5.41) is 21.9. The highest BCUT2D eigenvalue weighted by atomic mass is 31.2. The lowest BCUT2D eigenvalue weighted by molar-refractivity contribution is -0.147. The van der Waals surface area contributed by atoms with Crippen molar-refractivity contribution in [3.63, 3.8) is 0 Å². The maximum Gasteiger partial charge on any atom is 0.472 e. The molecule has 0 saturated carbocycles. The van der Waals surface area contributed by atoms with Gasteiger partial charge in [-0.2, -0.15) is 0 Å². The van der Waals surface area contributed by atoms with Crippen molar-refractivity contribution in [3.8, 4) is 0 Å². The van der Waals surface area contributed by atoms with Crippen molar-refractivity contribution in [3.05, 3.63) is 72.9 Å². The normalized spacial score (nSPS) is 14.2. The maximum atomic E-state index is 12.3. The van der Waals surface area contributed by atoms with Gasteiger partial charge in [0, 0.05) is 12.8 Å². The number of aliphatic hydroxyl groups excluding tert-OH is 1. The second-order valence-electron chi connectivity index (χ2n) is 16.3. The average Bonchev–Trinajstić information content (AvgIpc) is 3.26. The molecule has 0 aliphatic rings. The van der Waals surface area contributed by atoms with E-state index in [2.05, 4.69) is 92.1 Å². The summed E-state index contributed by atoms with van der Waals surface area (Å²) in [6.07, 6.45) is 54.9. The zero-order chi connectivity index (χ0) is 46.3. The molecule has 362 valence electrons. The third-order valence-electron chi connectivity index (χ3n) is 10.2. The number of carboxylic acid groups (broad SMARTS) is 1. The molecule has 0 saturated heterocycles. The number of rotatable bonds is 45. The third kappa shape index (κ3) is 45.3.